The van der Waals surface area contributed by atoms with Gasteiger partial charge in [0, 0.05) is 17.7 Å². The molecule has 1 aromatic carbocycles. The van der Waals surface area contributed by atoms with Crippen LogP contribution >= 0.6 is 0 Å². The van der Waals surface area contributed by atoms with Gasteiger partial charge in [-0.3, -0.25) is 10.1 Å². The molecule has 9 nitrogen and oxygen atoms in total. The van der Waals surface area contributed by atoms with Crippen molar-refractivity contribution < 1.29 is 29.5 Å². The number of nitrogens with zero attached hydrogens (tertiary/aromatic N) is 1. The predicted molar refractivity (Wildman–Crippen MR) is 98.1 cm³/mol. The Morgan fingerprint density at radius 3 is 2.37 bits per heavy atom. The molecule has 0 aliphatic heterocycles. The van der Waals surface area contributed by atoms with E-state index in [1.54, 1.807) is 19.1 Å². The number of ether oxygens (including phenoxy) is 1. The molecular weight excluding hydrogens is 356 g/mol. The van der Waals surface area contributed by atoms with Crippen LogP contribution in [0.4, 0.5) is 5.69 Å². The second kappa shape index (κ2) is 11.8. The average Bonchev–Trinajstić information content (AvgIpc) is 3.11. The molecule has 150 valence electrons. The van der Waals surface area contributed by atoms with E-state index < -0.39 is 11.9 Å². The van der Waals surface area contributed by atoms with E-state index in [-0.39, 0.29) is 10.6 Å². The molecular formula is C18H26N2O7. The first-order chi connectivity index (χ1) is 12.8. The zero-order valence-corrected chi connectivity index (χ0v) is 15.3. The second-order valence-electron chi connectivity index (χ2n) is 6.31. The summed E-state index contributed by atoms with van der Waals surface area (Å²) in [6.45, 7) is 3.44. The van der Waals surface area contributed by atoms with E-state index in [0.717, 1.165) is 25.4 Å². The van der Waals surface area contributed by atoms with E-state index in [4.69, 9.17) is 24.5 Å². The highest BCUT2D eigenvalue weighted by molar-refractivity contribution is 6.27. The van der Waals surface area contributed by atoms with E-state index >= 15 is 0 Å². The molecule has 0 amide bonds. The number of nitro benzene ring substituents is 1. The van der Waals surface area contributed by atoms with E-state index in [1.165, 1.54) is 31.7 Å². The van der Waals surface area contributed by atoms with Crippen molar-refractivity contribution in [2.45, 2.75) is 51.5 Å². The van der Waals surface area contributed by atoms with E-state index in [9.17, 15) is 10.1 Å². The van der Waals surface area contributed by atoms with Crippen LogP contribution in [0.2, 0.25) is 0 Å². The van der Waals surface area contributed by atoms with Gasteiger partial charge in [0.1, 0.15) is 5.75 Å². The summed E-state index contributed by atoms with van der Waals surface area (Å²) < 4.78 is 5.64. The topological polar surface area (TPSA) is 139 Å². The van der Waals surface area contributed by atoms with Crippen molar-refractivity contribution in [1.82, 2.24) is 5.32 Å². The minimum absolute atomic E-state index is 0.142. The van der Waals surface area contributed by atoms with Crippen LogP contribution in [-0.2, 0) is 9.59 Å². The van der Waals surface area contributed by atoms with Gasteiger partial charge in [-0.15, -0.1) is 0 Å². The van der Waals surface area contributed by atoms with Crippen LogP contribution in [0, 0.1) is 17.0 Å². The lowest BCUT2D eigenvalue weighted by molar-refractivity contribution is -0.385. The summed E-state index contributed by atoms with van der Waals surface area (Å²) in [5, 5.41) is 29.1. The van der Waals surface area contributed by atoms with Crippen LogP contribution < -0.4 is 10.1 Å². The molecule has 0 atom stereocenters. The molecule has 0 saturated heterocycles. The smallest absolute Gasteiger partial charge is 0.414 e. The third-order valence-electron chi connectivity index (χ3n) is 4.18. The summed E-state index contributed by atoms with van der Waals surface area (Å²) in [6.07, 6.45) is 7.45. The fourth-order valence-electron chi connectivity index (χ4n) is 2.78. The summed E-state index contributed by atoms with van der Waals surface area (Å²) in [5.74, 6) is -2.94. The molecule has 1 aliphatic rings. The lowest BCUT2D eigenvalue weighted by atomic mass is 10.2. The first-order valence-corrected chi connectivity index (χ1v) is 8.88. The van der Waals surface area contributed by atoms with Gasteiger partial charge in [-0.1, -0.05) is 12.8 Å². The number of carboxylic acids is 2. The summed E-state index contributed by atoms with van der Waals surface area (Å²) in [6, 6.07) is 5.63. The Kier molecular flexibility index (Phi) is 9.81. The minimum Gasteiger partial charge on any atom is -0.494 e. The molecule has 0 bridgehead atoms. The van der Waals surface area contributed by atoms with Crippen molar-refractivity contribution in [2.75, 3.05) is 13.2 Å². The van der Waals surface area contributed by atoms with Gasteiger partial charge in [-0.25, -0.2) is 9.59 Å². The zero-order valence-electron chi connectivity index (χ0n) is 15.3. The van der Waals surface area contributed by atoms with E-state index in [1.807, 2.05) is 0 Å². The molecule has 3 N–H and O–H groups in total. The molecule has 0 heterocycles. The molecule has 27 heavy (non-hydrogen) atoms. The Labute approximate surface area is 157 Å². The third-order valence-corrected chi connectivity index (χ3v) is 4.18. The molecule has 0 unspecified atom stereocenters. The first kappa shape index (κ1) is 22.4. The van der Waals surface area contributed by atoms with Gasteiger partial charge in [-0.05, 0) is 51.3 Å². The monoisotopic (exact) mass is 382 g/mol. The van der Waals surface area contributed by atoms with Crippen molar-refractivity contribution >= 4 is 17.6 Å². The molecule has 1 saturated carbocycles. The Hall–Kier alpha value is -2.68. The number of unbranched alkanes of at least 4 members (excludes halogenated alkanes) is 1. The molecule has 0 aromatic heterocycles. The van der Waals surface area contributed by atoms with Gasteiger partial charge >= 0.3 is 11.9 Å². The molecule has 0 radical (unpaired) electrons. The first-order valence-electron chi connectivity index (χ1n) is 8.88. The maximum absolute atomic E-state index is 10.7. The Morgan fingerprint density at radius 2 is 1.85 bits per heavy atom. The number of carbonyl (C=O) groups is 2. The summed E-state index contributed by atoms with van der Waals surface area (Å²) in [4.78, 5) is 28.6. The molecule has 1 aliphatic carbocycles. The number of rotatable bonds is 8. The average molecular weight is 382 g/mol. The Bertz CT molecular complexity index is 631. The van der Waals surface area contributed by atoms with Gasteiger partial charge < -0.3 is 20.3 Å². The maximum atomic E-state index is 10.7. The SMILES string of the molecule is Cc1cc(OCCCCNC2CCCC2)ccc1[N+](=O)[O-].O=C(O)C(=O)O. The highest BCUT2D eigenvalue weighted by Gasteiger charge is 2.13. The van der Waals surface area contributed by atoms with Crippen LogP contribution in [-0.4, -0.2) is 46.3 Å². The van der Waals surface area contributed by atoms with Crippen molar-refractivity contribution in [2.24, 2.45) is 0 Å². The normalized spacial score (nSPS) is 13.5. The number of nitrogens with one attached hydrogen (secondary N) is 1. The van der Waals surface area contributed by atoms with Crippen LogP contribution in [0.3, 0.4) is 0 Å². The number of hydrogen-bond donors (Lipinski definition) is 3. The van der Waals surface area contributed by atoms with E-state index in [0.29, 0.717) is 17.9 Å². The van der Waals surface area contributed by atoms with Crippen LogP contribution in [0.5, 0.6) is 5.75 Å². The number of hydrogen-bond acceptors (Lipinski definition) is 6. The van der Waals surface area contributed by atoms with Gasteiger partial charge in [0.05, 0.1) is 11.5 Å². The summed E-state index contributed by atoms with van der Waals surface area (Å²) in [7, 11) is 0. The van der Waals surface area contributed by atoms with Gasteiger partial charge in [-0.2, -0.15) is 0 Å². The minimum atomic E-state index is -1.82. The molecule has 0 spiro atoms. The van der Waals surface area contributed by atoms with E-state index in [2.05, 4.69) is 5.32 Å². The highest BCUT2D eigenvalue weighted by atomic mass is 16.6. The number of carboxylic acid groups (broad SMARTS) is 2. The molecule has 1 fully saturated rings. The van der Waals surface area contributed by atoms with Crippen molar-refractivity contribution in [3.05, 3.63) is 33.9 Å². The molecule has 9 heteroatoms. The quantitative estimate of drug-likeness (QED) is 0.270. The lowest BCUT2D eigenvalue weighted by Crippen LogP contribution is -2.27. The lowest BCUT2D eigenvalue weighted by Gasteiger charge is -2.11. The van der Waals surface area contributed by atoms with Crippen molar-refractivity contribution in [1.29, 1.82) is 0 Å². The largest absolute Gasteiger partial charge is 0.494 e. The number of nitro groups is 1. The predicted octanol–water partition coefficient (Wildman–Crippen LogP) is 2.75. The van der Waals surface area contributed by atoms with Crippen LogP contribution in [0.1, 0.15) is 44.1 Å². The number of aryl methyl sites for hydroxylation is 1. The second-order valence-corrected chi connectivity index (χ2v) is 6.31. The fraction of sp³-hybridized carbons (Fsp3) is 0.556. The van der Waals surface area contributed by atoms with Gasteiger partial charge in [0.15, 0.2) is 0 Å². The van der Waals surface area contributed by atoms with Gasteiger partial charge in [0.25, 0.3) is 5.69 Å². The highest BCUT2D eigenvalue weighted by Crippen LogP contribution is 2.23. The Balaban J connectivity index is 0.000000527. The van der Waals surface area contributed by atoms with Gasteiger partial charge in [0.2, 0.25) is 0 Å². The van der Waals surface area contributed by atoms with Crippen molar-refractivity contribution in [3.63, 3.8) is 0 Å². The van der Waals surface area contributed by atoms with Crippen LogP contribution in [0.15, 0.2) is 18.2 Å². The fourth-order valence-corrected chi connectivity index (χ4v) is 2.78. The van der Waals surface area contributed by atoms with Crippen molar-refractivity contribution in [3.8, 4) is 5.75 Å². The molecule has 2 rings (SSSR count). The summed E-state index contributed by atoms with van der Waals surface area (Å²) in [5.41, 5.74) is 0.781. The zero-order chi connectivity index (χ0) is 20.2. The van der Waals surface area contributed by atoms with Crippen LogP contribution in [0.25, 0.3) is 0 Å². The third kappa shape index (κ3) is 9.00. The maximum Gasteiger partial charge on any atom is 0.414 e. The Morgan fingerprint density at radius 1 is 1.22 bits per heavy atom. The standard InChI is InChI=1S/C16H24N2O3.C2H2O4/c1-13-12-15(8-9-16(13)18(19)20)21-11-5-4-10-17-14-6-2-3-7-14;3-1(4)2(5)6/h8-9,12,14,17H,2-7,10-11H2,1H3;(H,3,4)(H,5,6). The molecule has 1 aromatic rings. The number of benzene rings is 1. The number of aliphatic carboxylic acids is 2. The summed E-state index contributed by atoms with van der Waals surface area (Å²) >= 11 is 0.